The maximum absolute atomic E-state index is 13.1. The number of quaternary nitrogens is 1. The van der Waals surface area contributed by atoms with Crippen molar-refractivity contribution in [3.05, 3.63) is 76.4 Å². The van der Waals surface area contributed by atoms with E-state index in [1.165, 1.54) is 4.90 Å². The first-order chi connectivity index (χ1) is 15.5. The molecule has 2 aromatic carbocycles. The molecule has 1 amide bonds. The third-order valence-electron chi connectivity index (χ3n) is 6.39. The number of ether oxygens (including phenoxy) is 1. The second kappa shape index (κ2) is 9.67. The molecule has 32 heavy (non-hydrogen) atoms. The second-order valence-corrected chi connectivity index (χ2v) is 8.74. The largest absolute Gasteiger partial charge is 0.507 e. The Kier molecular flexibility index (Phi) is 6.72. The van der Waals surface area contributed by atoms with Crippen LogP contribution >= 0.6 is 0 Å². The van der Waals surface area contributed by atoms with Crippen LogP contribution in [0.2, 0.25) is 0 Å². The number of hydrogen-bond acceptors (Lipinski definition) is 4. The van der Waals surface area contributed by atoms with E-state index in [9.17, 15) is 14.7 Å². The molecule has 1 unspecified atom stereocenters. The van der Waals surface area contributed by atoms with Crippen LogP contribution in [0.5, 0.6) is 0 Å². The molecule has 2 heterocycles. The van der Waals surface area contributed by atoms with Crippen LogP contribution in [0, 0.1) is 13.8 Å². The van der Waals surface area contributed by atoms with Crippen molar-refractivity contribution in [2.45, 2.75) is 26.3 Å². The van der Waals surface area contributed by atoms with Gasteiger partial charge in [-0.05, 0) is 19.4 Å². The molecule has 0 aromatic heterocycles. The van der Waals surface area contributed by atoms with Gasteiger partial charge < -0.3 is 19.6 Å². The number of carbonyl (C=O) groups is 2. The van der Waals surface area contributed by atoms with Crippen LogP contribution in [-0.2, 0) is 14.3 Å². The van der Waals surface area contributed by atoms with Crippen molar-refractivity contribution in [1.82, 2.24) is 4.90 Å². The number of aryl methyl sites for hydroxylation is 2. The molecule has 2 aliphatic heterocycles. The minimum Gasteiger partial charge on any atom is -0.507 e. The summed E-state index contributed by atoms with van der Waals surface area (Å²) in [6.07, 6.45) is 0.787. The zero-order valence-corrected chi connectivity index (χ0v) is 18.8. The Bertz CT molecular complexity index is 1010. The summed E-state index contributed by atoms with van der Waals surface area (Å²) in [5.41, 5.74) is 3.70. The number of rotatable bonds is 6. The number of ketones is 1. The smallest absolute Gasteiger partial charge is 0.295 e. The van der Waals surface area contributed by atoms with Crippen LogP contribution in [0.15, 0.2) is 54.1 Å². The molecule has 2 aliphatic rings. The number of hydrogen-bond donors (Lipinski definition) is 2. The van der Waals surface area contributed by atoms with Gasteiger partial charge in [-0.15, -0.1) is 0 Å². The molecule has 2 aromatic rings. The average Bonchev–Trinajstić information content (AvgIpc) is 3.05. The molecule has 168 valence electrons. The fourth-order valence-corrected chi connectivity index (χ4v) is 4.48. The lowest BCUT2D eigenvalue weighted by Crippen LogP contribution is -3.14. The zero-order valence-electron chi connectivity index (χ0n) is 18.8. The summed E-state index contributed by atoms with van der Waals surface area (Å²) < 4.78 is 5.42. The van der Waals surface area contributed by atoms with Crippen molar-refractivity contribution in [1.29, 1.82) is 0 Å². The maximum atomic E-state index is 13.1. The summed E-state index contributed by atoms with van der Waals surface area (Å²) in [6.45, 7) is 8.81. The van der Waals surface area contributed by atoms with E-state index in [0.717, 1.165) is 56.0 Å². The van der Waals surface area contributed by atoms with Crippen molar-refractivity contribution < 1.29 is 24.3 Å². The van der Waals surface area contributed by atoms with Gasteiger partial charge in [-0.3, -0.25) is 9.59 Å². The minimum absolute atomic E-state index is 0.116. The number of aliphatic hydroxyl groups excluding tert-OH is 1. The van der Waals surface area contributed by atoms with E-state index < -0.39 is 17.7 Å². The number of nitrogens with one attached hydrogen (secondary N) is 1. The fourth-order valence-electron chi connectivity index (χ4n) is 4.48. The lowest BCUT2D eigenvalue weighted by atomic mass is 9.94. The quantitative estimate of drug-likeness (QED) is 0.414. The van der Waals surface area contributed by atoms with Gasteiger partial charge in [0.05, 0.1) is 31.4 Å². The van der Waals surface area contributed by atoms with Crippen LogP contribution in [0.25, 0.3) is 5.76 Å². The van der Waals surface area contributed by atoms with Crippen LogP contribution < -0.4 is 4.90 Å². The molecule has 4 rings (SSSR count). The maximum Gasteiger partial charge on any atom is 0.295 e. The summed E-state index contributed by atoms with van der Waals surface area (Å²) in [7, 11) is 0. The Balaban J connectivity index is 1.66. The fraction of sp³-hybridized carbons (Fsp3) is 0.385. The van der Waals surface area contributed by atoms with E-state index in [0.29, 0.717) is 12.1 Å². The van der Waals surface area contributed by atoms with Crippen molar-refractivity contribution in [2.75, 3.05) is 39.4 Å². The Morgan fingerprint density at radius 1 is 1.00 bits per heavy atom. The van der Waals surface area contributed by atoms with E-state index in [-0.39, 0.29) is 11.3 Å². The molecular formula is C26H31N2O4+. The highest BCUT2D eigenvalue weighted by molar-refractivity contribution is 6.46. The molecule has 2 N–H and O–H groups in total. The molecule has 0 saturated carbocycles. The van der Waals surface area contributed by atoms with Gasteiger partial charge in [0.25, 0.3) is 11.7 Å². The molecule has 1 atom stereocenters. The molecule has 0 bridgehead atoms. The average molecular weight is 436 g/mol. The normalized spacial score (nSPS) is 21.3. The second-order valence-electron chi connectivity index (χ2n) is 8.74. The van der Waals surface area contributed by atoms with Crippen LogP contribution in [0.1, 0.15) is 34.7 Å². The van der Waals surface area contributed by atoms with E-state index in [4.69, 9.17) is 4.74 Å². The van der Waals surface area contributed by atoms with E-state index >= 15 is 0 Å². The van der Waals surface area contributed by atoms with E-state index in [1.54, 1.807) is 17.0 Å². The lowest BCUT2D eigenvalue weighted by molar-refractivity contribution is -0.908. The third kappa shape index (κ3) is 4.61. The van der Waals surface area contributed by atoms with Gasteiger partial charge in [0.2, 0.25) is 0 Å². The van der Waals surface area contributed by atoms with Crippen molar-refractivity contribution in [3.8, 4) is 0 Å². The SMILES string of the molecule is Cc1ccc(C(O)=C2C(=O)C(=O)N(CCC[NH+]3CCOCC3)C2c2ccc(C)cc2)cc1. The number of Topliss-reactive ketones (excluding diaryl/α,β-unsaturated/α-hetero) is 1. The first-order valence-electron chi connectivity index (χ1n) is 11.3. The van der Waals surface area contributed by atoms with E-state index in [1.807, 2.05) is 50.2 Å². The highest BCUT2D eigenvalue weighted by Gasteiger charge is 2.45. The van der Waals surface area contributed by atoms with Gasteiger partial charge in [0, 0.05) is 18.5 Å². The Morgan fingerprint density at radius 3 is 2.22 bits per heavy atom. The van der Waals surface area contributed by atoms with Crippen LogP contribution in [0.4, 0.5) is 0 Å². The number of nitrogens with zero attached hydrogens (tertiary/aromatic N) is 1. The van der Waals surface area contributed by atoms with Crippen LogP contribution in [-0.4, -0.2) is 61.1 Å². The molecule has 6 heteroatoms. The van der Waals surface area contributed by atoms with Gasteiger partial charge in [0.15, 0.2) is 0 Å². The predicted molar refractivity (Wildman–Crippen MR) is 122 cm³/mol. The molecular weight excluding hydrogens is 404 g/mol. The van der Waals surface area contributed by atoms with E-state index in [2.05, 4.69) is 0 Å². The Labute approximate surface area is 189 Å². The van der Waals surface area contributed by atoms with Crippen molar-refractivity contribution in [2.24, 2.45) is 0 Å². The highest BCUT2D eigenvalue weighted by Crippen LogP contribution is 2.39. The summed E-state index contributed by atoms with van der Waals surface area (Å²) >= 11 is 0. The summed E-state index contributed by atoms with van der Waals surface area (Å²) in [6, 6.07) is 14.6. The van der Waals surface area contributed by atoms with Gasteiger partial charge >= 0.3 is 0 Å². The van der Waals surface area contributed by atoms with Gasteiger partial charge in [-0.1, -0.05) is 59.7 Å². The monoisotopic (exact) mass is 435 g/mol. The molecule has 2 saturated heterocycles. The van der Waals surface area contributed by atoms with Gasteiger partial charge in [0.1, 0.15) is 18.8 Å². The topological polar surface area (TPSA) is 71.3 Å². The Morgan fingerprint density at radius 2 is 1.59 bits per heavy atom. The van der Waals surface area contributed by atoms with Gasteiger partial charge in [-0.2, -0.15) is 0 Å². The van der Waals surface area contributed by atoms with Crippen LogP contribution in [0.3, 0.4) is 0 Å². The summed E-state index contributed by atoms with van der Waals surface area (Å²) in [5, 5.41) is 11.1. The number of aliphatic hydroxyl groups is 1. The molecule has 6 nitrogen and oxygen atoms in total. The number of morpholine rings is 1. The summed E-state index contributed by atoms with van der Waals surface area (Å²) in [5.74, 6) is -1.27. The number of amides is 1. The van der Waals surface area contributed by atoms with Gasteiger partial charge in [-0.25, -0.2) is 0 Å². The predicted octanol–water partition coefficient (Wildman–Crippen LogP) is 2.03. The summed E-state index contributed by atoms with van der Waals surface area (Å²) in [4.78, 5) is 29.2. The lowest BCUT2D eigenvalue weighted by Gasteiger charge is -2.27. The molecule has 2 fully saturated rings. The Hall–Kier alpha value is -2.96. The minimum atomic E-state index is -0.618. The van der Waals surface area contributed by atoms with Crippen molar-refractivity contribution >= 4 is 17.4 Å². The molecule has 0 aliphatic carbocycles. The first-order valence-corrected chi connectivity index (χ1v) is 11.3. The third-order valence-corrected chi connectivity index (χ3v) is 6.39. The molecule has 0 spiro atoms. The zero-order chi connectivity index (χ0) is 22.7. The first kappa shape index (κ1) is 22.2. The highest BCUT2D eigenvalue weighted by atomic mass is 16.5. The number of carbonyl (C=O) groups excluding carboxylic acids is 2. The van der Waals surface area contributed by atoms with Crippen molar-refractivity contribution in [3.63, 3.8) is 0 Å². The standard InChI is InChI=1S/C26H30N2O4/c1-18-4-8-20(9-5-18)23-22(24(29)21-10-6-19(2)7-11-21)25(30)26(31)28(23)13-3-12-27-14-16-32-17-15-27/h4-11,23,29H,3,12-17H2,1-2H3/p+1. The molecule has 0 radical (unpaired) electrons. The number of benzene rings is 2. The number of likely N-dealkylation sites (tertiary alicyclic amines) is 1.